The standard InChI is InChI=1S/C23H20BrFN6O2/c24-19-20(12-1-3-13(4-2-12)23(32)33)30-22-17(11-29-31(22)21(19)26)14-5-6-18(28-9-14)15-7-16(25)10-27-8-15/h5-13H,1-4,26H2,(H,32,33)/t12-,13+. The first kappa shape index (κ1) is 21.4. The maximum Gasteiger partial charge on any atom is 0.306 e. The van der Waals surface area contributed by atoms with Gasteiger partial charge in [-0.15, -0.1) is 0 Å². The molecule has 0 spiro atoms. The number of nitrogens with two attached hydrogens (primary N) is 1. The van der Waals surface area contributed by atoms with Crippen LogP contribution in [0, 0.1) is 11.7 Å². The number of carboxylic acid groups (broad SMARTS) is 1. The topological polar surface area (TPSA) is 119 Å². The number of hydrogen-bond donors (Lipinski definition) is 2. The molecule has 168 valence electrons. The predicted molar refractivity (Wildman–Crippen MR) is 124 cm³/mol. The normalized spacial score (nSPS) is 18.5. The van der Waals surface area contributed by atoms with E-state index in [2.05, 4.69) is 31.0 Å². The maximum absolute atomic E-state index is 13.5. The van der Waals surface area contributed by atoms with Crippen LogP contribution in [0.5, 0.6) is 0 Å². The van der Waals surface area contributed by atoms with Gasteiger partial charge in [0.25, 0.3) is 0 Å². The van der Waals surface area contributed by atoms with Crippen LogP contribution in [0.4, 0.5) is 10.2 Å². The van der Waals surface area contributed by atoms with Crippen molar-refractivity contribution in [1.82, 2.24) is 24.6 Å². The summed E-state index contributed by atoms with van der Waals surface area (Å²) in [6, 6.07) is 5.06. The number of nitrogens with zero attached hydrogens (tertiary/aromatic N) is 5. The zero-order valence-electron chi connectivity index (χ0n) is 17.4. The highest BCUT2D eigenvalue weighted by Crippen LogP contribution is 2.40. The van der Waals surface area contributed by atoms with Gasteiger partial charge < -0.3 is 10.8 Å². The average Bonchev–Trinajstić information content (AvgIpc) is 3.26. The summed E-state index contributed by atoms with van der Waals surface area (Å²) in [5.41, 5.74) is 10.6. The van der Waals surface area contributed by atoms with Gasteiger partial charge in [0.2, 0.25) is 0 Å². The predicted octanol–water partition coefficient (Wildman–Crippen LogP) is 4.70. The molecule has 10 heteroatoms. The van der Waals surface area contributed by atoms with E-state index in [0.717, 1.165) is 35.9 Å². The SMILES string of the molecule is Nc1c(Br)c([C@H]2CC[C@@H](C(=O)O)CC2)nc2c(-c3ccc(-c4cncc(F)c4)nc3)cnn12. The second kappa shape index (κ2) is 8.51. The number of carboxylic acids is 1. The van der Waals surface area contributed by atoms with Gasteiger partial charge in [0.1, 0.15) is 11.6 Å². The Kier molecular flexibility index (Phi) is 5.53. The fourth-order valence-corrected chi connectivity index (χ4v) is 4.96. The van der Waals surface area contributed by atoms with Crippen molar-refractivity contribution >= 4 is 33.4 Å². The fourth-order valence-electron chi connectivity index (χ4n) is 4.38. The minimum absolute atomic E-state index is 0.117. The molecule has 0 atom stereocenters. The highest BCUT2D eigenvalue weighted by molar-refractivity contribution is 9.10. The Hall–Kier alpha value is -3.40. The number of fused-ring (bicyclic) bond motifs is 1. The monoisotopic (exact) mass is 510 g/mol. The van der Waals surface area contributed by atoms with Crippen molar-refractivity contribution in [3.05, 3.63) is 59.0 Å². The van der Waals surface area contributed by atoms with E-state index in [-0.39, 0.29) is 11.8 Å². The summed E-state index contributed by atoms with van der Waals surface area (Å²) in [5.74, 6) is -0.901. The number of aliphatic carboxylic acids is 1. The number of pyridine rings is 2. The molecule has 0 bridgehead atoms. The Bertz CT molecular complexity index is 1350. The van der Waals surface area contributed by atoms with Gasteiger partial charge in [-0.1, -0.05) is 6.07 Å². The Morgan fingerprint density at radius 3 is 2.58 bits per heavy atom. The fraction of sp³-hybridized carbons (Fsp3) is 0.261. The molecule has 0 saturated heterocycles. The number of hydrogen-bond acceptors (Lipinski definition) is 6. The lowest BCUT2D eigenvalue weighted by molar-refractivity contribution is -0.142. The third-order valence-corrected chi connectivity index (χ3v) is 7.00. The molecule has 1 fully saturated rings. The molecule has 4 aromatic heterocycles. The van der Waals surface area contributed by atoms with Crippen LogP contribution < -0.4 is 5.73 Å². The van der Waals surface area contributed by atoms with E-state index in [1.165, 1.54) is 6.07 Å². The lowest BCUT2D eigenvalue weighted by atomic mass is 9.80. The number of carbonyl (C=O) groups is 1. The van der Waals surface area contributed by atoms with E-state index < -0.39 is 11.8 Å². The minimum atomic E-state index is -0.738. The number of anilines is 1. The van der Waals surface area contributed by atoms with Crippen LogP contribution in [0.3, 0.4) is 0 Å². The first-order valence-electron chi connectivity index (χ1n) is 10.5. The molecule has 33 heavy (non-hydrogen) atoms. The Balaban J connectivity index is 1.50. The lowest BCUT2D eigenvalue weighted by Gasteiger charge is -2.26. The summed E-state index contributed by atoms with van der Waals surface area (Å²) in [6.45, 7) is 0. The van der Waals surface area contributed by atoms with Crippen molar-refractivity contribution in [3.8, 4) is 22.4 Å². The van der Waals surface area contributed by atoms with E-state index >= 15 is 0 Å². The van der Waals surface area contributed by atoms with Crippen molar-refractivity contribution in [2.45, 2.75) is 31.6 Å². The summed E-state index contributed by atoms with van der Waals surface area (Å²) in [4.78, 5) is 24.5. The van der Waals surface area contributed by atoms with Gasteiger partial charge in [-0.05, 0) is 53.7 Å². The Morgan fingerprint density at radius 1 is 1.12 bits per heavy atom. The van der Waals surface area contributed by atoms with Crippen LogP contribution in [-0.4, -0.2) is 35.6 Å². The molecular formula is C23H20BrFN6O2. The summed E-state index contributed by atoms with van der Waals surface area (Å²) < 4.78 is 15.8. The second-order valence-corrected chi connectivity index (χ2v) is 8.99. The zero-order valence-corrected chi connectivity index (χ0v) is 19.0. The van der Waals surface area contributed by atoms with Crippen LogP contribution in [-0.2, 0) is 4.79 Å². The number of nitrogen functional groups attached to an aromatic ring is 1. The molecule has 8 nitrogen and oxygen atoms in total. The molecule has 0 radical (unpaired) electrons. The van der Waals surface area contributed by atoms with Crippen LogP contribution in [0.2, 0.25) is 0 Å². The molecule has 1 aliphatic rings. The summed E-state index contributed by atoms with van der Waals surface area (Å²) >= 11 is 3.57. The van der Waals surface area contributed by atoms with Crippen LogP contribution in [0.15, 0.2) is 47.5 Å². The van der Waals surface area contributed by atoms with Gasteiger partial charge in [-0.25, -0.2) is 9.37 Å². The molecule has 4 aromatic rings. The van der Waals surface area contributed by atoms with Gasteiger partial charge in [-0.2, -0.15) is 9.61 Å². The molecule has 5 rings (SSSR count). The van der Waals surface area contributed by atoms with E-state index in [0.29, 0.717) is 40.0 Å². The summed E-state index contributed by atoms with van der Waals surface area (Å²) in [7, 11) is 0. The number of rotatable bonds is 4. The molecular weight excluding hydrogens is 491 g/mol. The molecule has 1 aliphatic carbocycles. The van der Waals surface area contributed by atoms with E-state index in [4.69, 9.17) is 10.7 Å². The second-order valence-electron chi connectivity index (χ2n) is 8.20. The summed E-state index contributed by atoms with van der Waals surface area (Å²) in [6.07, 6.45) is 8.80. The Labute approximate surface area is 196 Å². The lowest BCUT2D eigenvalue weighted by Crippen LogP contribution is -2.21. The first-order chi connectivity index (χ1) is 15.9. The van der Waals surface area contributed by atoms with Crippen LogP contribution in [0.25, 0.3) is 28.0 Å². The molecule has 4 heterocycles. The van der Waals surface area contributed by atoms with E-state index in [9.17, 15) is 14.3 Å². The van der Waals surface area contributed by atoms with Gasteiger partial charge in [0.05, 0.1) is 34.2 Å². The quantitative estimate of drug-likeness (QED) is 0.408. The number of aromatic nitrogens is 5. The van der Waals surface area contributed by atoms with Crippen LogP contribution in [0.1, 0.15) is 37.3 Å². The first-order valence-corrected chi connectivity index (χ1v) is 11.3. The minimum Gasteiger partial charge on any atom is -0.481 e. The maximum atomic E-state index is 13.5. The molecule has 0 aromatic carbocycles. The zero-order chi connectivity index (χ0) is 23.1. The van der Waals surface area contributed by atoms with Crippen molar-refractivity contribution in [3.63, 3.8) is 0 Å². The molecule has 3 N–H and O–H groups in total. The van der Waals surface area contributed by atoms with Gasteiger partial charge in [-0.3, -0.25) is 14.8 Å². The summed E-state index contributed by atoms with van der Waals surface area (Å²) in [5, 5.41) is 13.7. The third kappa shape index (κ3) is 3.95. The van der Waals surface area contributed by atoms with E-state index in [1.54, 1.807) is 29.2 Å². The van der Waals surface area contributed by atoms with Crippen LogP contribution >= 0.6 is 15.9 Å². The van der Waals surface area contributed by atoms with Crippen molar-refractivity contribution in [1.29, 1.82) is 0 Å². The smallest absolute Gasteiger partial charge is 0.306 e. The Morgan fingerprint density at radius 2 is 1.91 bits per heavy atom. The van der Waals surface area contributed by atoms with E-state index in [1.807, 2.05) is 6.07 Å². The number of halogens is 2. The highest BCUT2D eigenvalue weighted by Gasteiger charge is 2.30. The van der Waals surface area contributed by atoms with Crippen molar-refractivity contribution in [2.75, 3.05) is 5.73 Å². The van der Waals surface area contributed by atoms with Crippen molar-refractivity contribution < 1.29 is 14.3 Å². The highest BCUT2D eigenvalue weighted by atomic mass is 79.9. The molecule has 1 saturated carbocycles. The largest absolute Gasteiger partial charge is 0.481 e. The third-order valence-electron chi connectivity index (χ3n) is 6.19. The van der Waals surface area contributed by atoms with Gasteiger partial charge >= 0.3 is 5.97 Å². The van der Waals surface area contributed by atoms with Crippen molar-refractivity contribution in [2.24, 2.45) is 5.92 Å². The van der Waals surface area contributed by atoms with Gasteiger partial charge in [0, 0.05) is 35.0 Å². The van der Waals surface area contributed by atoms with Gasteiger partial charge in [0.15, 0.2) is 5.65 Å². The molecule has 0 aliphatic heterocycles. The molecule has 0 unspecified atom stereocenters. The average molecular weight is 511 g/mol. The molecule has 0 amide bonds.